The maximum absolute atomic E-state index is 13.9. The van der Waals surface area contributed by atoms with E-state index in [1.165, 1.54) is 53.3 Å². The molecule has 2 aromatic carbocycles. The lowest BCUT2D eigenvalue weighted by molar-refractivity contribution is -0.140. The summed E-state index contributed by atoms with van der Waals surface area (Å²) in [6.45, 7) is 3.90. The lowest BCUT2D eigenvalue weighted by Crippen LogP contribution is -2.52. The van der Waals surface area contributed by atoms with Crippen LogP contribution in [0, 0.1) is 17.8 Å². The fourth-order valence-electron chi connectivity index (χ4n) is 8.20. The number of hydrogen-bond acceptors (Lipinski definition) is 5. The summed E-state index contributed by atoms with van der Waals surface area (Å²) in [4.78, 5) is 28.4. The van der Waals surface area contributed by atoms with E-state index in [4.69, 9.17) is 4.74 Å². The van der Waals surface area contributed by atoms with Crippen LogP contribution in [0.3, 0.4) is 0 Å². The summed E-state index contributed by atoms with van der Waals surface area (Å²) in [7, 11) is -2.19. The topological polar surface area (TPSA) is 96.0 Å². The van der Waals surface area contributed by atoms with E-state index in [9.17, 15) is 18.0 Å². The summed E-state index contributed by atoms with van der Waals surface area (Å²) >= 11 is 0. The second-order valence-corrected chi connectivity index (χ2v) is 14.6. The van der Waals surface area contributed by atoms with Crippen LogP contribution < -0.4 is 14.4 Å². The SMILES string of the molecule is CCNC(=O)C(CC)N(Cc1ccc(OC)cc1)C(=O)CN(c1ccc(C23CC4CC(CC(C4)C2)C3)cc1)S(C)(=O)=O. The molecule has 8 nitrogen and oxygen atoms in total. The number of carbonyl (C=O) groups is 2. The molecule has 42 heavy (non-hydrogen) atoms. The Hall–Kier alpha value is -3.07. The smallest absolute Gasteiger partial charge is 0.244 e. The highest BCUT2D eigenvalue weighted by Crippen LogP contribution is 2.60. The fraction of sp³-hybridized carbons (Fsp3) is 0.576. The average Bonchev–Trinajstić information content (AvgIpc) is 2.95. The van der Waals surface area contributed by atoms with Crippen molar-refractivity contribution in [3.63, 3.8) is 0 Å². The molecule has 4 fully saturated rings. The Balaban J connectivity index is 1.40. The largest absolute Gasteiger partial charge is 0.497 e. The third-order valence-corrected chi connectivity index (χ3v) is 10.9. The van der Waals surface area contributed by atoms with Crippen molar-refractivity contribution in [2.45, 2.75) is 76.8 Å². The number of likely N-dealkylation sites (N-methyl/N-ethyl adjacent to an activating group) is 1. The number of nitrogens with one attached hydrogen (secondary N) is 1. The van der Waals surface area contributed by atoms with Gasteiger partial charge >= 0.3 is 0 Å². The molecule has 6 rings (SSSR count). The van der Waals surface area contributed by atoms with E-state index in [0.29, 0.717) is 24.4 Å². The minimum Gasteiger partial charge on any atom is -0.497 e. The van der Waals surface area contributed by atoms with Gasteiger partial charge in [0.1, 0.15) is 18.3 Å². The molecule has 9 heteroatoms. The van der Waals surface area contributed by atoms with E-state index in [0.717, 1.165) is 29.6 Å². The molecule has 0 aliphatic heterocycles. The third-order valence-electron chi connectivity index (χ3n) is 9.73. The first-order valence-corrected chi connectivity index (χ1v) is 17.2. The molecule has 2 aromatic rings. The maximum Gasteiger partial charge on any atom is 0.244 e. The number of ether oxygens (including phenoxy) is 1. The molecule has 4 aliphatic carbocycles. The van der Waals surface area contributed by atoms with Gasteiger partial charge in [-0.15, -0.1) is 0 Å². The van der Waals surface area contributed by atoms with Crippen LogP contribution in [0.1, 0.15) is 69.9 Å². The molecule has 0 aromatic heterocycles. The van der Waals surface area contributed by atoms with Gasteiger partial charge in [-0.2, -0.15) is 0 Å². The fourth-order valence-corrected chi connectivity index (χ4v) is 9.05. The number of hydrogen-bond donors (Lipinski definition) is 1. The second-order valence-electron chi connectivity index (χ2n) is 12.7. The number of anilines is 1. The van der Waals surface area contributed by atoms with Crippen LogP contribution in [-0.2, 0) is 31.6 Å². The minimum atomic E-state index is -3.78. The summed E-state index contributed by atoms with van der Waals surface area (Å²) in [6, 6.07) is 14.5. The van der Waals surface area contributed by atoms with Crippen molar-refractivity contribution in [2.24, 2.45) is 17.8 Å². The Morgan fingerprint density at radius 1 is 0.952 bits per heavy atom. The summed E-state index contributed by atoms with van der Waals surface area (Å²) in [5.74, 6) is 2.44. The van der Waals surface area contributed by atoms with Gasteiger partial charge in [-0.05, 0) is 110 Å². The first kappa shape index (κ1) is 30.4. The molecular formula is C33H45N3O5S. The molecule has 4 aliphatic rings. The molecule has 1 atom stereocenters. The van der Waals surface area contributed by atoms with E-state index in [1.807, 2.05) is 38.1 Å². The highest BCUT2D eigenvalue weighted by Gasteiger charge is 2.51. The van der Waals surface area contributed by atoms with Crippen LogP contribution in [0.15, 0.2) is 48.5 Å². The second kappa shape index (κ2) is 12.3. The van der Waals surface area contributed by atoms with Crippen LogP contribution in [0.4, 0.5) is 5.69 Å². The molecule has 0 saturated heterocycles. The van der Waals surface area contributed by atoms with Crippen LogP contribution in [0.25, 0.3) is 0 Å². The van der Waals surface area contributed by atoms with Gasteiger partial charge in [0.2, 0.25) is 21.8 Å². The number of methoxy groups -OCH3 is 1. The third kappa shape index (κ3) is 6.31. The normalized spacial score (nSPS) is 25.1. The van der Waals surface area contributed by atoms with Crippen LogP contribution in [0.5, 0.6) is 5.75 Å². The first-order chi connectivity index (χ1) is 20.0. The number of sulfonamides is 1. The Labute approximate surface area is 250 Å². The first-order valence-electron chi connectivity index (χ1n) is 15.3. The number of benzene rings is 2. The van der Waals surface area contributed by atoms with Crippen LogP contribution in [-0.4, -0.2) is 57.6 Å². The van der Waals surface area contributed by atoms with Crippen molar-refractivity contribution in [1.82, 2.24) is 10.2 Å². The summed E-state index contributed by atoms with van der Waals surface area (Å²) in [5, 5.41) is 2.83. The lowest BCUT2D eigenvalue weighted by atomic mass is 9.48. The van der Waals surface area contributed by atoms with Crippen LogP contribution in [0.2, 0.25) is 0 Å². The van der Waals surface area contributed by atoms with Gasteiger partial charge in [0.05, 0.1) is 19.1 Å². The molecule has 228 valence electrons. The van der Waals surface area contributed by atoms with E-state index >= 15 is 0 Å². The zero-order valence-electron chi connectivity index (χ0n) is 25.3. The molecule has 0 spiro atoms. The molecule has 1 unspecified atom stereocenters. The molecule has 0 radical (unpaired) electrons. The summed E-state index contributed by atoms with van der Waals surface area (Å²) in [5.41, 5.74) is 2.79. The van der Waals surface area contributed by atoms with Crippen molar-refractivity contribution < 1.29 is 22.7 Å². The molecule has 4 bridgehead atoms. The highest BCUT2D eigenvalue weighted by molar-refractivity contribution is 7.92. The van der Waals surface area contributed by atoms with Crippen molar-refractivity contribution >= 4 is 27.5 Å². The number of amides is 2. The van der Waals surface area contributed by atoms with Gasteiger partial charge in [-0.25, -0.2) is 8.42 Å². The molecule has 2 amide bonds. The average molecular weight is 596 g/mol. The number of nitrogens with zero attached hydrogens (tertiary/aromatic N) is 2. The predicted molar refractivity (Wildman–Crippen MR) is 165 cm³/mol. The molecular weight excluding hydrogens is 550 g/mol. The van der Waals surface area contributed by atoms with Crippen molar-refractivity contribution in [1.29, 1.82) is 0 Å². The Morgan fingerprint density at radius 2 is 1.52 bits per heavy atom. The Morgan fingerprint density at radius 3 is 2.00 bits per heavy atom. The molecule has 1 N–H and O–H groups in total. The van der Waals surface area contributed by atoms with E-state index in [1.54, 1.807) is 19.2 Å². The highest BCUT2D eigenvalue weighted by atomic mass is 32.2. The number of carbonyl (C=O) groups excluding carboxylic acids is 2. The van der Waals surface area contributed by atoms with Gasteiger partial charge in [0.15, 0.2) is 0 Å². The maximum atomic E-state index is 13.9. The van der Waals surface area contributed by atoms with E-state index < -0.39 is 22.0 Å². The molecule has 0 heterocycles. The zero-order valence-corrected chi connectivity index (χ0v) is 26.2. The Bertz CT molecular complexity index is 1340. The van der Waals surface area contributed by atoms with Crippen LogP contribution >= 0.6 is 0 Å². The molecule has 4 saturated carbocycles. The van der Waals surface area contributed by atoms with Crippen molar-refractivity contribution in [2.75, 3.05) is 30.8 Å². The van der Waals surface area contributed by atoms with Gasteiger partial charge in [-0.3, -0.25) is 13.9 Å². The predicted octanol–water partition coefficient (Wildman–Crippen LogP) is 4.87. The zero-order chi connectivity index (χ0) is 30.1. The number of rotatable bonds is 12. The van der Waals surface area contributed by atoms with E-state index in [2.05, 4.69) is 17.4 Å². The summed E-state index contributed by atoms with van der Waals surface area (Å²) in [6.07, 6.45) is 9.30. The minimum absolute atomic E-state index is 0.168. The van der Waals surface area contributed by atoms with Crippen molar-refractivity contribution in [3.05, 3.63) is 59.7 Å². The van der Waals surface area contributed by atoms with Crippen molar-refractivity contribution in [3.8, 4) is 5.75 Å². The van der Waals surface area contributed by atoms with E-state index in [-0.39, 0.29) is 24.4 Å². The van der Waals surface area contributed by atoms with Gasteiger partial charge in [-0.1, -0.05) is 31.2 Å². The Kier molecular flexibility index (Phi) is 8.88. The van der Waals surface area contributed by atoms with Gasteiger partial charge in [0.25, 0.3) is 0 Å². The quantitative estimate of drug-likeness (QED) is 0.378. The lowest BCUT2D eigenvalue weighted by Gasteiger charge is -2.57. The standard InChI is InChI=1S/C33H45N3O5S/c1-5-30(32(38)34-6-2)35(21-23-7-13-29(41-3)14-8-23)31(37)22-36(42(4,39)40)28-11-9-27(10-12-28)33-18-24-15-25(19-33)17-26(16-24)20-33/h7-14,24-26,30H,5-6,15-22H2,1-4H3,(H,34,38). The summed E-state index contributed by atoms with van der Waals surface area (Å²) < 4.78 is 32.6. The van der Waals surface area contributed by atoms with Gasteiger partial charge < -0.3 is 15.0 Å². The monoisotopic (exact) mass is 595 g/mol. The van der Waals surface area contributed by atoms with Gasteiger partial charge in [0, 0.05) is 13.1 Å².